The lowest BCUT2D eigenvalue weighted by atomic mass is 10.4. The molecular formula is C9H10N4. The molecule has 2 aromatic heterocycles. The van der Waals surface area contributed by atoms with E-state index in [2.05, 4.69) is 21.6 Å². The first-order chi connectivity index (χ1) is 6.20. The van der Waals surface area contributed by atoms with Gasteiger partial charge in [0.15, 0.2) is 5.82 Å². The van der Waals surface area contributed by atoms with Crippen molar-refractivity contribution >= 4 is 11.9 Å². The molecule has 2 rings (SSSR count). The Bertz CT molecular complexity index is 470. The number of rotatable bonds is 1. The van der Waals surface area contributed by atoms with Gasteiger partial charge >= 0.3 is 0 Å². The standard InChI is InChI=1S/C9H10N4/c1-4-8-11-9-10-6(2)5-7(3)13(9)12-8/h4-5H,1H2,2-3H3. The van der Waals surface area contributed by atoms with Crippen LogP contribution in [-0.2, 0) is 0 Å². The molecule has 13 heavy (non-hydrogen) atoms. The number of hydrogen-bond acceptors (Lipinski definition) is 3. The van der Waals surface area contributed by atoms with Gasteiger partial charge in [-0.1, -0.05) is 6.58 Å². The van der Waals surface area contributed by atoms with Gasteiger partial charge in [-0.05, 0) is 26.0 Å². The van der Waals surface area contributed by atoms with Crippen molar-refractivity contribution in [2.45, 2.75) is 13.8 Å². The minimum Gasteiger partial charge on any atom is -0.216 e. The molecule has 4 heteroatoms. The summed E-state index contributed by atoms with van der Waals surface area (Å²) in [6.07, 6.45) is 1.61. The molecule has 0 fully saturated rings. The van der Waals surface area contributed by atoms with Crippen LogP contribution >= 0.6 is 0 Å². The highest BCUT2D eigenvalue weighted by Crippen LogP contribution is 2.05. The highest BCUT2D eigenvalue weighted by atomic mass is 15.3. The Morgan fingerprint density at radius 2 is 2.15 bits per heavy atom. The summed E-state index contributed by atoms with van der Waals surface area (Å²) in [5.74, 6) is 1.24. The van der Waals surface area contributed by atoms with E-state index < -0.39 is 0 Å². The Hall–Kier alpha value is -1.71. The van der Waals surface area contributed by atoms with E-state index in [4.69, 9.17) is 0 Å². The van der Waals surface area contributed by atoms with Crippen LogP contribution in [0.4, 0.5) is 0 Å². The molecule has 0 aliphatic heterocycles. The number of fused-ring (bicyclic) bond motifs is 1. The molecule has 0 saturated carbocycles. The van der Waals surface area contributed by atoms with E-state index in [1.807, 2.05) is 19.9 Å². The quantitative estimate of drug-likeness (QED) is 0.656. The molecule has 0 unspecified atom stereocenters. The van der Waals surface area contributed by atoms with E-state index in [9.17, 15) is 0 Å². The first-order valence-electron chi connectivity index (χ1n) is 4.04. The van der Waals surface area contributed by atoms with Gasteiger partial charge in [0, 0.05) is 11.4 Å². The fourth-order valence-corrected chi connectivity index (χ4v) is 1.27. The van der Waals surface area contributed by atoms with Crippen LogP contribution in [0.5, 0.6) is 0 Å². The monoisotopic (exact) mass is 174 g/mol. The SMILES string of the molecule is C=Cc1nc2nc(C)cc(C)n2n1. The number of hydrogen-bond donors (Lipinski definition) is 0. The molecule has 0 atom stereocenters. The highest BCUT2D eigenvalue weighted by molar-refractivity contribution is 5.41. The second-order valence-electron chi connectivity index (χ2n) is 2.92. The van der Waals surface area contributed by atoms with Crippen molar-refractivity contribution in [3.05, 3.63) is 29.9 Å². The Morgan fingerprint density at radius 1 is 1.38 bits per heavy atom. The lowest BCUT2D eigenvalue weighted by Gasteiger charge is -1.97. The summed E-state index contributed by atoms with van der Waals surface area (Å²) in [5.41, 5.74) is 1.98. The summed E-state index contributed by atoms with van der Waals surface area (Å²) in [4.78, 5) is 8.42. The second-order valence-corrected chi connectivity index (χ2v) is 2.92. The number of aryl methyl sites for hydroxylation is 2. The third-order valence-corrected chi connectivity index (χ3v) is 1.82. The molecule has 0 radical (unpaired) electrons. The zero-order valence-corrected chi connectivity index (χ0v) is 7.65. The van der Waals surface area contributed by atoms with Gasteiger partial charge in [-0.15, -0.1) is 5.10 Å². The maximum Gasteiger partial charge on any atom is 0.253 e. The molecule has 0 aromatic carbocycles. The molecule has 0 aliphatic carbocycles. The average molecular weight is 174 g/mol. The molecular weight excluding hydrogens is 164 g/mol. The van der Waals surface area contributed by atoms with E-state index >= 15 is 0 Å². The summed E-state index contributed by atoms with van der Waals surface area (Å²) in [7, 11) is 0. The summed E-state index contributed by atoms with van der Waals surface area (Å²) in [6, 6.07) is 1.97. The summed E-state index contributed by atoms with van der Waals surface area (Å²) >= 11 is 0. The minimum atomic E-state index is 0.612. The van der Waals surface area contributed by atoms with Crippen LogP contribution in [0, 0.1) is 13.8 Å². The van der Waals surface area contributed by atoms with Crippen LogP contribution < -0.4 is 0 Å². The Balaban J connectivity index is 2.82. The van der Waals surface area contributed by atoms with E-state index in [1.54, 1.807) is 10.6 Å². The van der Waals surface area contributed by atoms with Crippen molar-refractivity contribution in [1.82, 2.24) is 19.6 Å². The second kappa shape index (κ2) is 2.65. The predicted octanol–water partition coefficient (Wildman–Crippen LogP) is 1.38. The van der Waals surface area contributed by atoms with Gasteiger partial charge in [-0.2, -0.15) is 4.98 Å². The largest absolute Gasteiger partial charge is 0.253 e. The van der Waals surface area contributed by atoms with Crippen molar-refractivity contribution < 1.29 is 0 Å². The maximum atomic E-state index is 4.25. The molecule has 0 spiro atoms. The lowest BCUT2D eigenvalue weighted by molar-refractivity contribution is 0.881. The van der Waals surface area contributed by atoms with E-state index in [-0.39, 0.29) is 0 Å². The fourth-order valence-electron chi connectivity index (χ4n) is 1.27. The van der Waals surface area contributed by atoms with Crippen LogP contribution in [0.1, 0.15) is 17.2 Å². The van der Waals surface area contributed by atoms with E-state index in [1.165, 1.54) is 0 Å². The van der Waals surface area contributed by atoms with Gasteiger partial charge in [-0.3, -0.25) is 0 Å². The molecule has 0 aliphatic rings. The van der Waals surface area contributed by atoms with Crippen molar-refractivity contribution in [3.63, 3.8) is 0 Å². The van der Waals surface area contributed by atoms with Crippen LogP contribution in [0.25, 0.3) is 11.9 Å². The van der Waals surface area contributed by atoms with Gasteiger partial charge in [0.05, 0.1) is 0 Å². The molecule has 66 valence electrons. The van der Waals surface area contributed by atoms with Crippen molar-refractivity contribution in [2.75, 3.05) is 0 Å². The van der Waals surface area contributed by atoms with Crippen molar-refractivity contribution in [3.8, 4) is 0 Å². The van der Waals surface area contributed by atoms with Gasteiger partial charge in [0.25, 0.3) is 5.78 Å². The van der Waals surface area contributed by atoms with Crippen molar-refractivity contribution in [1.29, 1.82) is 0 Å². The fraction of sp³-hybridized carbons (Fsp3) is 0.222. The molecule has 0 saturated heterocycles. The highest BCUT2D eigenvalue weighted by Gasteiger charge is 2.04. The Morgan fingerprint density at radius 3 is 2.85 bits per heavy atom. The van der Waals surface area contributed by atoms with Crippen LogP contribution in [0.15, 0.2) is 12.6 Å². The third kappa shape index (κ3) is 1.20. The van der Waals surface area contributed by atoms with Gasteiger partial charge < -0.3 is 0 Å². The Kier molecular flexibility index (Phi) is 1.62. The van der Waals surface area contributed by atoms with Gasteiger partial charge in [0.2, 0.25) is 0 Å². The lowest BCUT2D eigenvalue weighted by Crippen LogP contribution is -1.97. The minimum absolute atomic E-state index is 0.612. The molecule has 0 bridgehead atoms. The van der Waals surface area contributed by atoms with E-state index in [0.717, 1.165) is 11.4 Å². The first-order valence-corrected chi connectivity index (χ1v) is 4.04. The predicted molar refractivity (Wildman–Crippen MR) is 50.3 cm³/mol. The average Bonchev–Trinajstić information content (AvgIpc) is 2.47. The van der Waals surface area contributed by atoms with Crippen LogP contribution in [-0.4, -0.2) is 19.6 Å². The van der Waals surface area contributed by atoms with Crippen LogP contribution in [0.3, 0.4) is 0 Å². The number of nitrogens with zero attached hydrogens (tertiary/aromatic N) is 4. The molecule has 4 nitrogen and oxygen atoms in total. The molecule has 2 heterocycles. The summed E-state index contributed by atoms with van der Waals surface area (Å²) < 4.78 is 1.71. The molecule has 0 amide bonds. The summed E-state index contributed by atoms with van der Waals surface area (Å²) in [6.45, 7) is 7.53. The Labute approximate surface area is 75.9 Å². The zero-order chi connectivity index (χ0) is 9.42. The molecule has 0 N–H and O–H groups in total. The van der Waals surface area contributed by atoms with Crippen LogP contribution in [0.2, 0.25) is 0 Å². The van der Waals surface area contributed by atoms with Gasteiger partial charge in [-0.25, -0.2) is 9.50 Å². The topological polar surface area (TPSA) is 43.1 Å². The van der Waals surface area contributed by atoms with E-state index in [0.29, 0.717) is 11.6 Å². The van der Waals surface area contributed by atoms with Gasteiger partial charge in [0.1, 0.15) is 0 Å². The first kappa shape index (κ1) is 7.91. The molecule has 2 aromatic rings. The maximum absolute atomic E-state index is 4.25. The summed E-state index contributed by atoms with van der Waals surface area (Å²) in [5, 5.41) is 4.20. The smallest absolute Gasteiger partial charge is 0.216 e. The normalized spacial score (nSPS) is 10.6. The third-order valence-electron chi connectivity index (χ3n) is 1.82. The number of aromatic nitrogens is 4. The van der Waals surface area contributed by atoms with Crippen molar-refractivity contribution in [2.24, 2.45) is 0 Å². The zero-order valence-electron chi connectivity index (χ0n) is 7.65.